The predicted octanol–water partition coefficient (Wildman–Crippen LogP) is 2.02. The Balaban J connectivity index is 2.44. The SMILES string of the molecule is CC(C)(C)OC(=O)N1CCC[C@@H](CCO)C1. The molecule has 1 N–H and O–H groups in total. The first kappa shape index (κ1) is 13.3. The number of hydrogen-bond donors (Lipinski definition) is 1. The van der Waals surface area contributed by atoms with Crippen molar-refractivity contribution in [2.24, 2.45) is 5.92 Å². The molecule has 0 aliphatic carbocycles. The van der Waals surface area contributed by atoms with Gasteiger partial charge in [0.2, 0.25) is 0 Å². The van der Waals surface area contributed by atoms with Gasteiger partial charge >= 0.3 is 6.09 Å². The molecule has 1 aliphatic heterocycles. The molecule has 0 bridgehead atoms. The Bertz CT molecular complexity index is 233. The number of aliphatic hydroxyl groups is 1. The molecular weight excluding hydrogens is 206 g/mol. The number of ether oxygens (including phenoxy) is 1. The molecule has 1 fully saturated rings. The van der Waals surface area contributed by atoms with E-state index in [2.05, 4.69) is 0 Å². The van der Waals surface area contributed by atoms with Crippen molar-refractivity contribution in [3.8, 4) is 0 Å². The molecule has 0 unspecified atom stereocenters. The quantitative estimate of drug-likeness (QED) is 0.788. The Kier molecular flexibility index (Phi) is 4.59. The smallest absolute Gasteiger partial charge is 0.410 e. The van der Waals surface area contributed by atoms with Crippen molar-refractivity contribution >= 4 is 6.09 Å². The molecule has 1 amide bonds. The number of hydrogen-bond acceptors (Lipinski definition) is 3. The van der Waals surface area contributed by atoms with Crippen LogP contribution in [0, 0.1) is 5.92 Å². The summed E-state index contributed by atoms with van der Waals surface area (Å²) in [6.07, 6.45) is 2.65. The molecule has 0 radical (unpaired) electrons. The summed E-state index contributed by atoms with van der Waals surface area (Å²) < 4.78 is 5.33. The number of piperidine rings is 1. The van der Waals surface area contributed by atoms with Gasteiger partial charge in [-0.25, -0.2) is 4.79 Å². The second-order valence-corrected chi connectivity index (χ2v) is 5.45. The van der Waals surface area contributed by atoms with Crippen molar-refractivity contribution in [2.75, 3.05) is 19.7 Å². The second-order valence-electron chi connectivity index (χ2n) is 5.45. The maximum atomic E-state index is 11.8. The molecule has 1 atom stereocenters. The summed E-state index contributed by atoms with van der Waals surface area (Å²) in [5, 5.41) is 8.90. The number of nitrogens with zero attached hydrogens (tertiary/aromatic N) is 1. The van der Waals surface area contributed by atoms with Gasteiger partial charge in [0.15, 0.2) is 0 Å². The van der Waals surface area contributed by atoms with Crippen molar-refractivity contribution < 1.29 is 14.6 Å². The highest BCUT2D eigenvalue weighted by atomic mass is 16.6. The van der Waals surface area contributed by atoms with E-state index in [4.69, 9.17) is 9.84 Å². The van der Waals surface area contributed by atoms with E-state index in [0.717, 1.165) is 32.4 Å². The highest BCUT2D eigenvalue weighted by Crippen LogP contribution is 2.21. The maximum absolute atomic E-state index is 11.8. The first-order valence-corrected chi connectivity index (χ1v) is 6.01. The summed E-state index contributed by atoms with van der Waals surface area (Å²) in [5.74, 6) is 0.422. The van der Waals surface area contributed by atoms with Gasteiger partial charge in [0, 0.05) is 19.7 Å². The van der Waals surface area contributed by atoms with Crippen LogP contribution in [-0.4, -0.2) is 41.4 Å². The van der Waals surface area contributed by atoms with Crippen molar-refractivity contribution in [3.05, 3.63) is 0 Å². The Hall–Kier alpha value is -0.770. The Labute approximate surface area is 97.6 Å². The molecule has 16 heavy (non-hydrogen) atoms. The van der Waals surface area contributed by atoms with Crippen LogP contribution in [0.2, 0.25) is 0 Å². The normalized spacial score (nSPS) is 22.0. The van der Waals surface area contributed by atoms with Gasteiger partial charge in [-0.3, -0.25) is 0 Å². The molecule has 0 saturated carbocycles. The van der Waals surface area contributed by atoms with E-state index in [0.29, 0.717) is 5.92 Å². The number of rotatable bonds is 2. The third-order valence-corrected chi connectivity index (χ3v) is 2.71. The van der Waals surface area contributed by atoms with Crippen LogP contribution in [0.4, 0.5) is 4.79 Å². The predicted molar refractivity (Wildman–Crippen MR) is 62.2 cm³/mol. The summed E-state index contributed by atoms with van der Waals surface area (Å²) in [4.78, 5) is 13.6. The van der Waals surface area contributed by atoms with Crippen LogP contribution in [-0.2, 0) is 4.74 Å². The van der Waals surface area contributed by atoms with E-state index in [1.165, 1.54) is 0 Å². The van der Waals surface area contributed by atoms with Gasteiger partial charge in [0.25, 0.3) is 0 Å². The van der Waals surface area contributed by atoms with Crippen LogP contribution in [0.3, 0.4) is 0 Å². The fraction of sp³-hybridized carbons (Fsp3) is 0.917. The summed E-state index contributed by atoms with van der Waals surface area (Å²) in [7, 11) is 0. The molecule has 0 aromatic heterocycles. The molecule has 1 rings (SSSR count). The third kappa shape index (κ3) is 4.39. The summed E-state index contributed by atoms with van der Waals surface area (Å²) >= 11 is 0. The average Bonchev–Trinajstić information content (AvgIpc) is 2.16. The first-order chi connectivity index (χ1) is 7.42. The third-order valence-electron chi connectivity index (χ3n) is 2.71. The van der Waals surface area contributed by atoms with Gasteiger partial charge < -0.3 is 14.7 Å². The number of carbonyl (C=O) groups excluding carboxylic acids is 1. The average molecular weight is 229 g/mol. The lowest BCUT2D eigenvalue weighted by atomic mass is 9.95. The van der Waals surface area contributed by atoms with E-state index in [1.807, 2.05) is 20.8 Å². The number of amides is 1. The van der Waals surface area contributed by atoms with Gasteiger partial charge in [-0.2, -0.15) is 0 Å². The van der Waals surface area contributed by atoms with Crippen LogP contribution in [0.1, 0.15) is 40.0 Å². The van der Waals surface area contributed by atoms with Crippen LogP contribution >= 0.6 is 0 Å². The lowest BCUT2D eigenvalue weighted by Gasteiger charge is -2.33. The minimum Gasteiger partial charge on any atom is -0.444 e. The molecule has 94 valence electrons. The Morgan fingerprint density at radius 2 is 2.19 bits per heavy atom. The van der Waals surface area contributed by atoms with Gasteiger partial charge in [0.05, 0.1) is 0 Å². The Morgan fingerprint density at radius 1 is 1.50 bits per heavy atom. The second kappa shape index (κ2) is 5.53. The van der Waals surface area contributed by atoms with Gasteiger partial charge in [-0.15, -0.1) is 0 Å². The molecule has 4 heteroatoms. The lowest BCUT2D eigenvalue weighted by molar-refractivity contribution is 0.0152. The van der Waals surface area contributed by atoms with Crippen molar-refractivity contribution in [1.82, 2.24) is 4.90 Å². The van der Waals surface area contributed by atoms with Crippen LogP contribution in [0.25, 0.3) is 0 Å². The van der Waals surface area contributed by atoms with Gasteiger partial charge in [-0.1, -0.05) is 0 Å². The number of aliphatic hydroxyl groups excluding tert-OH is 1. The summed E-state index contributed by atoms with van der Waals surface area (Å²) in [6, 6.07) is 0. The minimum atomic E-state index is -0.430. The zero-order valence-corrected chi connectivity index (χ0v) is 10.5. The fourth-order valence-electron chi connectivity index (χ4n) is 1.98. The zero-order valence-electron chi connectivity index (χ0n) is 10.5. The van der Waals surface area contributed by atoms with E-state index in [-0.39, 0.29) is 12.7 Å². The van der Waals surface area contributed by atoms with Crippen LogP contribution in [0.5, 0.6) is 0 Å². The molecule has 0 spiro atoms. The van der Waals surface area contributed by atoms with E-state index < -0.39 is 5.60 Å². The lowest BCUT2D eigenvalue weighted by Crippen LogP contribution is -2.43. The molecular formula is C12H23NO3. The zero-order chi connectivity index (χ0) is 12.2. The van der Waals surface area contributed by atoms with Crippen molar-refractivity contribution in [2.45, 2.75) is 45.6 Å². The van der Waals surface area contributed by atoms with E-state index in [9.17, 15) is 4.79 Å². The van der Waals surface area contributed by atoms with Gasteiger partial charge in [0.1, 0.15) is 5.60 Å². The van der Waals surface area contributed by atoms with Crippen molar-refractivity contribution in [3.63, 3.8) is 0 Å². The molecule has 1 saturated heterocycles. The minimum absolute atomic E-state index is 0.201. The van der Waals surface area contributed by atoms with E-state index in [1.54, 1.807) is 4.90 Å². The number of carbonyl (C=O) groups is 1. The van der Waals surface area contributed by atoms with Crippen LogP contribution < -0.4 is 0 Å². The van der Waals surface area contributed by atoms with Crippen molar-refractivity contribution in [1.29, 1.82) is 0 Å². The fourth-order valence-corrected chi connectivity index (χ4v) is 1.98. The van der Waals surface area contributed by atoms with E-state index >= 15 is 0 Å². The summed E-state index contributed by atoms with van der Waals surface area (Å²) in [6.45, 7) is 7.32. The standard InChI is InChI=1S/C12H23NO3/c1-12(2,3)16-11(15)13-7-4-5-10(9-13)6-8-14/h10,14H,4-9H2,1-3H3/t10-/m0/s1. The van der Waals surface area contributed by atoms with Gasteiger partial charge in [-0.05, 0) is 46.0 Å². The highest BCUT2D eigenvalue weighted by molar-refractivity contribution is 5.68. The Morgan fingerprint density at radius 3 is 2.75 bits per heavy atom. The molecule has 0 aromatic rings. The molecule has 4 nitrogen and oxygen atoms in total. The summed E-state index contributed by atoms with van der Waals surface area (Å²) in [5.41, 5.74) is -0.430. The molecule has 1 aliphatic rings. The topological polar surface area (TPSA) is 49.8 Å². The molecule has 1 heterocycles. The first-order valence-electron chi connectivity index (χ1n) is 6.01. The van der Waals surface area contributed by atoms with Crippen LogP contribution in [0.15, 0.2) is 0 Å². The monoisotopic (exact) mass is 229 g/mol. The number of likely N-dealkylation sites (tertiary alicyclic amines) is 1. The largest absolute Gasteiger partial charge is 0.444 e. The molecule has 0 aromatic carbocycles. The maximum Gasteiger partial charge on any atom is 0.410 e. The highest BCUT2D eigenvalue weighted by Gasteiger charge is 2.27.